The first-order valence-corrected chi connectivity index (χ1v) is 5.75. The summed E-state index contributed by atoms with van der Waals surface area (Å²) in [5.74, 6) is -1.71. The van der Waals surface area contributed by atoms with Crippen LogP contribution in [-0.2, 0) is 14.4 Å². The first-order chi connectivity index (χ1) is 7.96. The number of carbonyl (C=O) groups is 3. The molecule has 4 N–H and O–H groups in total. The van der Waals surface area contributed by atoms with Gasteiger partial charge in [-0.2, -0.15) is 0 Å². The van der Waals surface area contributed by atoms with E-state index in [2.05, 4.69) is 5.32 Å². The van der Waals surface area contributed by atoms with Gasteiger partial charge in [-0.1, -0.05) is 13.8 Å². The second-order valence-corrected chi connectivity index (χ2v) is 5.94. The number of nitrogens with two attached hydrogens (primary N) is 1. The van der Waals surface area contributed by atoms with Crippen LogP contribution >= 0.6 is 0 Å². The fourth-order valence-corrected chi connectivity index (χ4v) is 1.38. The van der Waals surface area contributed by atoms with Gasteiger partial charge in [0.05, 0.1) is 11.8 Å². The molecule has 6 heteroatoms. The standard InChI is InChI=1S/C12H22N2O4/c1-11(2,6-9(16)17)5-8(15)14-7-12(3,4)10(13)18/h5-7H2,1-4H3,(H2,13,18)(H,14,15)(H,16,17). The Morgan fingerprint density at radius 2 is 1.61 bits per heavy atom. The predicted molar refractivity (Wildman–Crippen MR) is 66.6 cm³/mol. The molecule has 104 valence electrons. The minimum Gasteiger partial charge on any atom is -0.481 e. The molecule has 0 unspecified atom stereocenters. The van der Waals surface area contributed by atoms with E-state index in [0.29, 0.717) is 0 Å². The van der Waals surface area contributed by atoms with Crippen molar-refractivity contribution >= 4 is 17.8 Å². The summed E-state index contributed by atoms with van der Waals surface area (Å²) >= 11 is 0. The smallest absolute Gasteiger partial charge is 0.303 e. The topological polar surface area (TPSA) is 109 Å². The molecule has 6 nitrogen and oxygen atoms in total. The van der Waals surface area contributed by atoms with Crippen molar-refractivity contribution in [3.05, 3.63) is 0 Å². The van der Waals surface area contributed by atoms with Crippen molar-refractivity contribution in [3.63, 3.8) is 0 Å². The largest absolute Gasteiger partial charge is 0.481 e. The third-order valence-electron chi connectivity index (χ3n) is 2.66. The molecule has 0 saturated heterocycles. The lowest BCUT2D eigenvalue weighted by Gasteiger charge is -2.24. The molecule has 0 rings (SSSR count). The fourth-order valence-electron chi connectivity index (χ4n) is 1.38. The van der Waals surface area contributed by atoms with Crippen molar-refractivity contribution in [2.45, 2.75) is 40.5 Å². The Kier molecular flexibility index (Phi) is 5.32. The summed E-state index contributed by atoms with van der Waals surface area (Å²) < 4.78 is 0. The Hall–Kier alpha value is -1.59. The molecule has 0 aliphatic carbocycles. The number of hydrogen-bond donors (Lipinski definition) is 3. The minimum absolute atomic E-state index is 0.0837. The molecule has 0 fully saturated rings. The molecule has 0 heterocycles. The molecule has 0 aromatic heterocycles. The van der Waals surface area contributed by atoms with Crippen molar-refractivity contribution in [1.82, 2.24) is 5.32 Å². The molecule has 0 aliphatic rings. The van der Waals surface area contributed by atoms with E-state index in [-0.39, 0.29) is 25.3 Å². The summed E-state index contributed by atoms with van der Waals surface area (Å²) in [5, 5.41) is 11.3. The lowest BCUT2D eigenvalue weighted by molar-refractivity contribution is -0.139. The van der Waals surface area contributed by atoms with Crippen molar-refractivity contribution in [1.29, 1.82) is 0 Å². The third-order valence-corrected chi connectivity index (χ3v) is 2.66. The molecule has 0 aromatic rings. The Morgan fingerprint density at radius 3 is 2.00 bits per heavy atom. The molecular weight excluding hydrogens is 236 g/mol. The Morgan fingerprint density at radius 1 is 1.11 bits per heavy atom. The number of carboxylic acids is 1. The van der Waals surface area contributed by atoms with Crippen LogP contribution in [0.4, 0.5) is 0 Å². The summed E-state index contributed by atoms with van der Waals surface area (Å²) in [5.41, 5.74) is 3.75. The van der Waals surface area contributed by atoms with Crippen LogP contribution in [0.3, 0.4) is 0 Å². The molecule has 0 spiro atoms. The van der Waals surface area contributed by atoms with Crippen LogP contribution < -0.4 is 11.1 Å². The van der Waals surface area contributed by atoms with Crippen molar-refractivity contribution in [2.24, 2.45) is 16.6 Å². The number of rotatable bonds is 7. The van der Waals surface area contributed by atoms with Crippen LogP contribution in [-0.4, -0.2) is 29.4 Å². The van der Waals surface area contributed by atoms with Gasteiger partial charge in [-0.05, 0) is 19.3 Å². The average Bonchev–Trinajstić information content (AvgIpc) is 2.11. The van der Waals surface area contributed by atoms with E-state index in [4.69, 9.17) is 10.8 Å². The second kappa shape index (κ2) is 5.84. The number of aliphatic carboxylic acids is 1. The predicted octanol–water partition coefficient (Wildman–Crippen LogP) is 0.505. The van der Waals surface area contributed by atoms with Gasteiger partial charge in [-0.3, -0.25) is 14.4 Å². The van der Waals surface area contributed by atoms with Gasteiger partial charge in [0.15, 0.2) is 0 Å². The lowest BCUT2D eigenvalue weighted by atomic mass is 9.85. The molecule has 0 aliphatic heterocycles. The molecule has 2 amide bonds. The zero-order valence-corrected chi connectivity index (χ0v) is 11.4. The molecule has 18 heavy (non-hydrogen) atoms. The van der Waals surface area contributed by atoms with E-state index in [1.54, 1.807) is 27.7 Å². The van der Waals surface area contributed by atoms with Gasteiger partial charge in [0.2, 0.25) is 11.8 Å². The molecule has 0 radical (unpaired) electrons. The van der Waals surface area contributed by atoms with Crippen molar-refractivity contribution < 1.29 is 19.5 Å². The van der Waals surface area contributed by atoms with Crippen LogP contribution in [0.15, 0.2) is 0 Å². The van der Waals surface area contributed by atoms with Gasteiger partial charge in [0.1, 0.15) is 0 Å². The quantitative estimate of drug-likeness (QED) is 0.617. The molecular formula is C12H22N2O4. The van der Waals surface area contributed by atoms with Crippen LogP contribution in [0.2, 0.25) is 0 Å². The number of amides is 2. The van der Waals surface area contributed by atoms with Crippen molar-refractivity contribution in [2.75, 3.05) is 6.54 Å². The van der Waals surface area contributed by atoms with Gasteiger partial charge in [0.25, 0.3) is 0 Å². The van der Waals surface area contributed by atoms with Gasteiger partial charge < -0.3 is 16.2 Å². The summed E-state index contributed by atoms with van der Waals surface area (Å²) in [6.45, 7) is 6.83. The fraction of sp³-hybridized carbons (Fsp3) is 0.750. The van der Waals surface area contributed by atoms with Gasteiger partial charge in [-0.25, -0.2) is 0 Å². The van der Waals surface area contributed by atoms with E-state index < -0.39 is 22.7 Å². The highest BCUT2D eigenvalue weighted by Gasteiger charge is 2.28. The van der Waals surface area contributed by atoms with E-state index in [9.17, 15) is 14.4 Å². The average molecular weight is 258 g/mol. The Labute approximate surface area is 107 Å². The number of nitrogens with one attached hydrogen (secondary N) is 1. The Balaban J connectivity index is 4.28. The zero-order chi connectivity index (χ0) is 14.6. The van der Waals surface area contributed by atoms with Crippen LogP contribution in [0.1, 0.15) is 40.5 Å². The van der Waals surface area contributed by atoms with Gasteiger partial charge >= 0.3 is 5.97 Å². The number of carbonyl (C=O) groups excluding carboxylic acids is 2. The van der Waals surface area contributed by atoms with Crippen LogP contribution in [0.5, 0.6) is 0 Å². The lowest BCUT2D eigenvalue weighted by Crippen LogP contribution is -2.43. The monoisotopic (exact) mass is 258 g/mol. The number of primary amides is 1. The highest BCUT2D eigenvalue weighted by molar-refractivity contribution is 5.82. The molecule has 0 atom stereocenters. The van der Waals surface area contributed by atoms with E-state index in [1.165, 1.54) is 0 Å². The summed E-state index contributed by atoms with van der Waals surface area (Å²) in [4.78, 5) is 33.3. The van der Waals surface area contributed by atoms with Crippen LogP contribution in [0, 0.1) is 10.8 Å². The molecule has 0 aromatic carbocycles. The summed E-state index contributed by atoms with van der Waals surface area (Å²) in [6.07, 6.45) is 0.00771. The van der Waals surface area contributed by atoms with E-state index in [0.717, 1.165) is 0 Å². The maximum atomic E-state index is 11.7. The highest BCUT2D eigenvalue weighted by Crippen LogP contribution is 2.24. The Bertz CT molecular complexity index is 348. The highest BCUT2D eigenvalue weighted by atomic mass is 16.4. The maximum absolute atomic E-state index is 11.7. The van der Waals surface area contributed by atoms with Crippen molar-refractivity contribution in [3.8, 4) is 0 Å². The van der Waals surface area contributed by atoms with E-state index >= 15 is 0 Å². The second-order valence-electron chi connectivity index (χ2n) is 5.94. The molecule has 0 saturated carbocycles. The number of hydrogen-bond acceptors (Lipinski definition) is 3. The number of carboxylic acid groups (broad SMARTS) is 1. The zero-order valence-electron chi connectivity index (χ0n) is 11.4. The SMILES string of the molecule is CC(C)(CC(=O)O)CC(=O)NCC(C)(C)C(N)=O. The minimum atomic E-state index is -0.940. The first-order valence-electron chi connectivity index (χ1n) is 5.75. The third kappa shape index (κ3) is 6.22. The van der Waals surface area contributed by atoms with Crippen LogP contribution in [0.25, 0.3) is 0 Å². The van der Waals surface area contributed by atoms with E-state index in [1.807, 2.05) is 0 Å². The van der Waals surface area contributed by atoms with Gasteiger partial charge in [0, 0.05) is 13.0 Å². The normalized spacial score (nSPS) is 12.0. The van der Waals surface area contributed by atoms with Gasteiger partial charge in [-0.15, -0.1) is 0 Å². The summed E-state index contributed by atoms with van der Waals surface area (Å²) in [7, 11) is 0. The summed E-state index contributed by atoms with van der Waals surface area (Å²) in [6, 6.07) is 0. The first kappa shape index (κ1) is 16.4. The molecule has 0 bridgehead atoms. The maximum Gasteiger partial charge on any atom is 0.303 e.